The number of halogens is 3. The minimum Gasteiger partial charge on any atom is -0.393 e. The number of nitrogens with zero attached hydrogens (tertiary/aromatic N) is 3. The highest BCUT2D eigenvalue weighted by atomic mass is 19.1. The lowest BCUT2D eigenvalue weighted by Crippen LogP contribution is -2.59. The predicted molar refractivity (Wildman–Crippen MR) is 123 cm³/mol. The number of alkyl halides is 1. The number of hydrogen-bond acceptors (Lipinski definition) is 3. The molecule has 0 saturated carbocycles. The lowest BCUT2D eigenvalue weighted by Gasteiger charge is -2.43. The molecular formula is C25H30F3N3O2. The van der Waals surface area contributed by atoms with E-state index in [0.717, 1.165) is 18.2 Å². The summed E-state index contributed by atoms with van der Waals surface area (Å²) in [5, 5.41) is 10.5. The van der Waals surface area contributed by atoms with Gasteiger partial charge in [0.15, 0.2) is 0 Å². The topological polar surface area (TPSA) is 47.0 Å². The molecule has 2 aliphatic rings. The Morgan fingerprint density at radius 2 is 2.09 bits per heavy atom. The maximum absolute atomic E-state index is 14.8. The van der Waals surface area contributed by atoms with Gasteiger partial charge in [-0.15, -0.1) is 0 Å². The highest BCUT2D eigenvalue weighted by molar-refractivity contribution is 5.84. The van der Waals surface area contributed by atoms with Crippen LogP contribution < -0.4 is 0 Å². The SMILES string of the molecule is C=C/C=C(\C=C)[C@]1(CO)C=C(c2cc(F)ccc2F)CN1C(=O)N(C)C1CCN(C)C[C@@H]1F. The summed E-state index contributed by atoms with van der Waals surface area (Å²) in [7, 11) is 3.35. The van der Waals surface area contributed by atoms with Crippen molar-refractivity contribution in [2.24, 2.45) is 0 Å². The van der Waals surface area contributed by atoms with Crippen LogP contribution >= 0.6 is 0 Å². The largest absolute Gasteiger partial charge is 0.393 e. The van der Waals surface area contributed by atoms with Gasteiger partial charge in [0.1, 0.15) is 23.3 Å². The Bertz CT molecular complexity index is 993. The molecule has 8 heteroatoms. The summed E-state index contributed by atoms with van der Waals surface area (Å²) in [6, 6.07) is 1.92. The van der Waals surface area contributed by atoms with Gasteiger partial charge in [0.05, 0.1) is 12.6 Å². The van der Waals surface area contributed by atoms with E-state index < -0.39 is 42.0 Å². The van der Waals surface area contributed by atoms with Crippen LogP contribution in [0.4, 0.5) is 18.0 Å². The van der Waals surface area contributed by atoms with Crippen molar-refractivity contribution in [3.05, 3.63) is 78.4 Å². The van der Waals surface area contributed by atoms with Gasteiger partial charge in [-0.1, -0.05) is 31.4 Å². The van der Waals surface area contributed by atoms with E-state index in [-0.39, 0.29) is 18.7 Å². The zero-order valence-corrected chi connectivity index (χ0v) is 19.0. The average Bonchev–Trinajstić information content (AvgIpc) is 3.18. The van der Waals surface area contributed by atoms with E-state index in [4.69, 9.17) is 0 Å². The molecule has 1 unspecified atom stereocenters. The molecule has 0 spiro atoms. The minimum absolute atomic E-state index is 0.00421. The number of carbonyl (C=O) groups excluding carboxylic acids is 1. The lowest BCUT2D eigenvalue weighted by atomic mass is 9.88. The second kappa shape index (κ2) is 9.97. The molecule has 1 aromatic carbocycles. The van der Waals surface area contributed by atoms with Gasteiger partial charge in [-0.05, 0) is 48.9 Å². The molecule has 2 aliphatic heterocycles. The smallest absolute Gasteiger partial charge is 0.321 e. The zero-order chi connectivity index (χ0) is 24.3. The summed E-state index contributed by atoms with van der Waals surface area (Å²) >= 11 is 0. The molecule has 2 heterocycles. The molecular weight excluding hydrogens is 431 g/mol. The highest BCUT2D eigenvalue weighted by Gasteiger charge is 2.47. The Morgan fingerprint density at radius 1 is 1.36 bits per heavy atom. The second-order valence-corrected chi connectivity index (χ2v) is 8.55. The second-order valence-electron chi connectivity index (χ2n) is 8.55. The number of rotatable bonds is 6. The van der Waals surface area contributed by atoms with Gasteiger partial charge in [-0.3, -0.25) is 0 Å². The van der Waals surface area contributed by atoms with E-state index in [9.17, 15) is 23.1 Å². The Kier molecular flexibility index (Phi) is 7.49. The molecule has 1 fully saturated rings. The van der Waals surface area contributed by atoms with Crippen molar-refractivity contribution in [1.29, 1.82) is 0 Å². The number of aliphatic hydroxyl groups is 1. The lowest BCUT2D eigenvalue weighted by molar-refractivity contribution is 0.0491. The highest BCUT2D eigenvalue weighted by Crippen LogP contribution is 2.40. The number of likely N-dealkylation sites (tertiary alicyclic amines) is 1. The van der Waals surface area contributed by atoms with Crippen LogP contribution in [0.1, 0.15) is 12.0 Å². The molecule has 1 saturated heterocycles. The Morgan fingerprint density at radius 3 is 2.70 bits per heavy atom. The fourth-order valence-corrected chi connectivity index (χ4v) is 4.66. The number of hydrogen-bond donors (Lipinski definition) is 1. The molecule has 2 amide bonds. The standard InChI is InChI=1S/C25H30F3N3O2/c1-5-7-18(6-2)25(16-32)13-17(20-12-19(26)8-9-21(20)27)14-31(25)24(33)30(4)23-10-11-29(3)15-22(23)28/h5-9,12-13,22-23,32H,1-2,10-11,14-16H2,3-4H3/b18-7+/t22-,23?,25+/m0/s1. The summed E-state index contributed by atoms with van der Waals surface area (Å²) in [4.78, 5) is 18.2. The number of amides is 2. The van der Waals surface area contributed by atoms with Gasteiger partial charge in [-0.25, -0.2) is 18.0 Å². The number of urea groups is 1. The molecule has 5 nitrogen and oxygen atoms in total. The zero-order valence-electron chi connectivity index (χ0n) is 19.0. The van der Waals surface area contributed by atoms with E-state index in [1.54, 1.807) is 12.2 Å². The number of allylic oxidation sites excluding steroid dienone is 2. The van der Waals surface area contributed by atoms with E-state index in [0.29, 0.717) is 24.1 Å². The van der Waals surface area contributed by atoms with E-state index in [1.165, 1.54) is 29.0 Å². The first-order valence-corrected chi connectivity index (χ1v) is 10.8. The van der Waals surface area contributed by atoms with Gasteiger partial charge < -0.3 is 19.8 Å². The Labute approximate surface area is 192 Å². The van der Waals surface area contributed by atoms with E-state index in [1.807, 2.05) is 11.9 Å². The summed E-state index contributed by atoms with van der Waals surface area (Å²) in [5.74, 6) is -1.27. The van der Waals surface area contributed by atoms with Crippen molar-refractivity contribution >= 4 is 11.6 Å². The van der Waals surface area contributed by atoms with E-state index >= 15 is 0 Å². The summed E-state index contributed by atoms with van der Waals surface area (Å²) in [5.41, 5.74) is -0.615. The molecule has 3 atom stereocenters. The fraction of sp³-hybridized carbons (Fsp3) is 0.400. The van der Waals surface area contributed by atoms with Crippen LogP contribution in [0.2, 0.25) is 0 Å². The number of benzene rings is 1. The maximum atomic E-state index is 14.8. The van der Waals surface area contributed by atoms with Gasteiger partial charge in [-0.2, -0.15) is 0 Å². The molecule has 0 aromatic heterocycles. The van der Waals surface area contributed by atoms with Crippen molar-refractivity contribution in [2.75, 3.05) is 40.3 Å². The van der Waals surface area contributed by atoms with Gasteiger partial charge in [0.2, 0.25) is 0 Å². The van der Waals surface area contributed by atoms with Crippen LogP contribution in [0, 0.1) is 11.6 Å². The van der Waals surface area contributed by atoms with Gasteiger partial charge >= 0.3 is 6.03 Å². The van der Waals surface area contributed by atoms with Crippen molar-refractivity contribution < 1.29 is 23.1 Å². The molecule has 0 radical (unpaired) electrons. The van der Waals surface area contributed by atoms with Crippen LogP contribution in [0.5, 0.6) is 0 Å². The maximum Gasteiger partial charge on any atom is 0.321 e. The molecule has 178 valence electrons. The molecule has 1 N–H and O–H groups in total. The van der Waals surface area contributed by atoms with Gasteiger partial charge in [0.25, 0.3) is 0 Å². The predicted octanol–water partition coefficient (Wildman–Crippen LogP) is 3.79. The summed E-state index contributed by atoms with van der Waals surface area (Å²) < 4.78 is 43.3. The minimum atomic E-state index is -1.40. The molecule has 3 rings (SSSR count). The van der Waals surface area contributed by atoms with Crippen molar-refractivity contribution in [3.63, 3.8) is 0 Å². The third-order valence-electron chi connectivity index (χ3n) is 6.50. The van der Waals surface area contributed by atoms with Gasteiger partial charge in [0, 0.05) is 32.2 Å². The molecule has 0 aliphatic carbocycles. The first-order valence-electron chi connectivity index (χ1n) is 10.8. The fourth-order valence-electron chi connectivity index (χ4n) is 4.66. The Balaban J connectivity index is 2.06. The van der Waals surface area contributed by atoms with Crippen LogP contribution in [-0.4, -0.2) is 83.9 Å². The molecule has 1 aromatic rings. The third-order valence-corrected chi connectivity index (χ3v) is 6.50. The quantitative estimate of drug-likeness (QED) is 0.656. The molecule has 33 heavy (non-hydrogen) atoms. The van der Waals surface area contributed by atoms with E-state index in [2.05, 4.69) is 13.2 Å². The Hall–Kier alpha value is -2.84. The van der Waals surface area contributed by atoms with Crippen LogP contribution in [0.15, 0.2) is 61.2 Å². The first-order chi connectivity index (χ1) is 15.7. The normalized spacial score (nSPS) is 26.2. The summed E-state index contributed by atoms with van der Waals surface area (Å²) in [6.45, 7) is 7.68. The van der Waals surface area contributed by atoms with Crippen molar-refractivity contribution in [2.45, 2.75) is 24.2 Å². The molecule has 0 bridgehead atoms. The van der Waals surface area contributed by atoms with Crippen molar-refractivity contribution in [1.82, 2.24) is 14.7 Å². The van der Waals surface area contributed by atoms with Crippen LogP contribution in [0.25, 0.3) is 5.57 Å². The van der Waals surface area contributed by atoms with Crippen molar-refractivity contribution in [3.8, 4) is 0 Å². The third kappa shape index (κ3) is 4.63. The monoisotopic (exact) mass is 461 g/mol. The van der Waals surface area contributed by atoms with Crippen LogP contribution in [0.3, 0.4) is 0 Å². The number of piperidine rings is 1. The van der Waals surface area contributed by atoms with Crippen LogP contribution in [-0.2, 0) is 0 Å². The average molecular weight is 462 g/mol. The number of aliphatic hydroxyl groups excluding tert-OH is 1. The first kappa shape index (κ1) is 24.8. The summed E-state index contributed by atoms with van der Waals surface area (Å²) in [6.07, 6.45) is 5.33. The number of carbonyl (C=O) groups is 1.